The minimum Gasteiger partial charge on any atom is -0.493 e. The number of methoxy groups -OCH3 is 4. The molecule has 0 aliphatic carbocycles. The van der Waals surface area contributed by atoms with Crippen molar-refractivity contribution in [3.8, 4) is 23.0 Å². The second kappa shape index (κ2) is 12.7. The molecule has 0 aromatic heterocycles. The summed E-state index contributed by atoms with van der Waals surface area (Å²) in [7, 11) is 6.70. The summed E-state index contributed by atoms with van der Waals surface area (Å²) in [5.41, 5.74) is 2.48. The SMILES string of the molecule is COc1ccccc1[NH+]1CC[NH+](CCc2cc(OC)c(OC)c(OC)c2)CC1.Cl.Cl. The number of nitrogens with one attached hydrogen (secondary N) is 2. The molecule has 3 rings (SSSR count). The zero-order valence-electron chi connectivity index (χ0n) is 18.2. The molecule has 0 spiro atoms. The maximum atomic E-state index is 5.53. The summed E-state index contributed by atoms with van der Waals surface area (Å²) in [6.45, 7) is 5.63. The summed E-state index contributed by atoms with van der Waals surface area (Å²) >= 11 is 0. The van der Waals surface area contributed by atoms with Crippen LogP contribution in [0.4, 0.5) is 5.69 Å². The minimum atomic E-state index is 0. The van der Waals surface area contributed by atoms with E-state index in [-0.39, 0.29) is 24.8 Å². The van der Waals surface area contributed by atoms with Crippen molar-refractivity contribution in [1.29, 1.82) is 0 Å². The molecule has 2 aromatic carbocycles. The molecule has 1 heterocycles. The predicted molar refractivity (Wildman–Crippen MR) is 123 cm³/mol. The largest absolute Gasteiger partial charge is 0.493 e. The van der Waals surface area contributed by atoms with Crippen molar-refractivity contribution in [2.24, 2.45) is 0 Å². The van der Waals surface area contributed by atoms with E-state index < -0.39 is 0 Å². The van der Waals surface area contributed by atoms with Gasteiger partial charge in [0.25, 0.3) is 0 Å². The van der Waals surface area contributed by atoms with E-state index >= 15 is 0 Å². The van der Waals surface area contributed by atoms with Crippen LogP contribution in [0.1, 0.15) is 5.56 Å². The smallest absolute Gasteiger partial charge is 0.203 e. The summed E-state index contributed by atoms with van der Waals surface area (Å²) in [5, 5.41) is 0. The number of rotatable bonds is 8. The third-order valence-corrected chi connectivity index (χ3v) is 5.54. The lowest BCUT2D eigenvalue weighted by Gasteiger charge is -2.30. The highest BCUT2D eigenvalue weighted by Gasteiger charge is 2.26. The molecule has 1 aliphatic rings. The minimum absolute atomic E-state index is 0. The quantitative estimate of drug-likeness (QED) is 0.621. The molecular weight excluding hydrogens is 427 g/mol. The first-order valence-corrected chi connectivity index (χ1v) is 9.80. The fourth-order valence-corrected chi connectivity index (χ4v) is 3.96. The molecule has 168 valence electrons. The van der Waals surface area contributed by atoms with Crippen molar-refractivity contribution >= 4 is 30.5 Å². The molecule has 1 fully saturated rings. The Kier molecular flexibility index (Phi) is 11.1. The van der Waals surface area contributed by atoms with Crippen LogP contribution in [0.25, 0.3) is 0 Å². The van der Waals surface area contributed by atoms with Crippen molar-refractivity contribution in [2.45, 2.75) is 6.42 Å². The van der Waals surface area contributed by atoms with Gasteiger partial charge in [0.2, 0.25) is 5.75 Å². The molecule has 0 amide bonds. The standard InChI is InChI=1S/C22H30N2O4.2ClH/c1-25-19-8-6-5-7-18(19)24-13-11-23(12-14-24)10-9-17-15-20(26-2)22(28-4)21(16-17)27-3;;/h5-8,15-16H,9-14H2,1-4H3;2*1H/p+2. The van der Waals surface area contributed by atoms with Crippen molar-refractivity contribution < 1.29 is 28.7 Å². The Labute approximate surface area is 191 Å². The summed E-state index contributed by atoms with van der Waals surface area (Å²) < 4.78 is 21.9. The van der Waals surface area contributed by atoms with E-state index in [1.54, 1.807) is 33.3 Å². The van der Waals surface area contributed by atoms with Gasteiger partial charge in [-0.3, -0.25) is 4.90 Å². The van der Waals surface area contributed by atoms with E-state index in [0.29, 0.717) is 5.75 Å². The van der Waals surface area contributed by atoms with E-state index in [0.717, 1.165) is 56.4 Å². The maximum Gasteiger partial charge on any atom is 0.203 e. The molecule has 0 bridgehead atoms. The molecule has 2 aromatic rings. The molecular formula is C22H34Cl2N2O4+2. The normalized spacial score (nSPS) is 17.9. The van der Waals surface area contributed by atoms with Gasteiger partial charge in [-0.2, -0.15) is 0 Å². The van der Waals surface area contributed by atoms with Gasteiger partial charge < -0.3 is 23.8 Å². The van der Waals surface area contributed by atoms with Crippen LogP contribution in [-0.2, 0) is 6.42 Å². The molecule has 8 heteroatoms. The van der Waals surface area contributed by atoms with Gasteiger partial charge in [0.1, 0.15) is 26.2 Å². The molecule has 30 heavy (non-hydrogen) atoms. The molecule has 0 atom stereocenters. The molecule has 1 saturated heterocycles. The first kappa shape index (κ1) is 26.2. The molecule has 0 unspecified atom stereocenters. The second-order valence-corrected chi connectivity index (χ2v) is 7.09. The highest BCUT2D eigenvalue weighted by atomic mass is 35.5. The first-order valence-electron chi connectivity index (χ1n) is 9.80. The van der Waals surface area contributed by atoms with Crippen molar-refractivity contribution in [1.82, 2.24) is 0 Å². The van der Waals surface area contributed by atoms with Gasteiger partial charge >= 0.3 is 0 Å². The number of ether oxygens (including phenoxy) is 4. The zero-order chi connectivity index (χ0) is 19.9. The number of halogens is 2. The fourth-order valence-electron chi connectivity index (χ4n) is 3.96. The lowest BCUT2D eigenvalue weighted by atomic mass is 10.1. The Bertz CT molecular complexity index is 758. The Balaban J connectivity index is 0.00000225. The Morgan fingerprint density at radius 3 is 1.83 bits per heavy atom. The third kappa shape index (κ3) is 6.08. The molecule has 2 N–H and O–H groups in total. The lowest BCUT2D eigenvalue weighted by molar-refractivity contribution is -0.986. The molecule has 0 saturated carbocycles. The summed E-state index contributed by atoms with van der Waals surface area (Å²) in [6.07, 6.45) is 0.982. The van der Waals surface area contributed by atoms with Gasteiger partial charge in [0.05, 0.1) is 35.0 Å². The van der Waals surface area contributed by atoms with E-state index in [1.165, 1.54) is 16.2 Å². The van der Waals surface area contributed by atoms with Crippen LogP contribution in [0.15, 0.2) is 36.4 Å². The Morgan fingerprint density at radius 2 is 1.30 bits per heavy atom. The van der Waals surface area contributed by atoms with E-state index in [9.17, 15) is 0 Å². The number of hydrogen-bond donors (Lipinski definition) is 2. The third-order valence-electron chi connectivity index (χ3n) is 5.54. The zero-order valence-corrected chi connectivity index (χ0v) is 19.8. The monoisotopic (exact) mass is 460 g/mol. The average molecular weight is 461 g/mol. The fraction of sp³-hybridized carbons (Fsp3) is 0.455. The van der Waals surface area contributed by atoms with Crippen molar-refractivity contribution in [2.75, 3.05) is 61.2 Å². The van der Waals surface area contributed by atoms with Gasteiger partial charge in [-0.05, 0) is 23.8 Å². The maximum absolute atomic E-state index is 5.53. The summed E-state index contributed by atoms with van der Waals surface area (Å²) in [6, 6.07) is 12.4. The van der Waals surface area contributed by atoms with Crippen LogP contribution in [0, 0.1) is 0 Å². The first-order chi connectivity index (χ1) is 13.7. The van der Waals surface area contributed by atoms with E-state index in [4.69, 9.17) is 18.9 Å². The van der Waals surface area contributed by atoms with Crippen LogP contribution < -0.4 is 28.7 Å². The number of para-hydroxylation sites is 2. The Morgan fingerprint density at radius 1 is 0.733 bits per heavy atom. The van der Waals surface area contributed by atoms with Gasteiger partial charge in [-0.25, -0.2) is 0 Å². The van der Waals surface area contributed by atoms with Gasteiger partial charge in [-0.15, -0.1) is 24.8 Å². The predicted octanol–water partition coefficient (Wildman–Crippen LogP) is 1.22. The van der Waals surface area contributed by atoms with E-state index in [1.807, 2.05) is 12.1 Å². The van der Waals surface area contributed by atoms with Crippen LogP contribution in [0.3, 0.4) is 0 Å². The number of benzene rings is 2. The van der Waals surface area contributed by atoms with Gasteiger partial charge in [0.15, 0.2) is 22.9 Å². The number of hydrogen-bond acceptors (Lipinski definition) is 4. The topological polar surface area (TPSA) is 45.8 Å². The second-order valence-electron chi connectivity index (χ2n) is 7.09. The summed E-state index contributed by atoms with van der Waals surface area (Å²) in [4.78, 5) is 3.14. The van der Waals surface area contributed by atoms with Gasteiger partial charge in [-0.1, -0.05) is 12.1 Å². The Hall–Kier alpha value is -1.86. The highest BCUT2D eigenvalue weighted by molar-refractivity contribution is 5.85. The molecule has 0 radical (unpaired) electrons. The van der Waals surface area contributed by atoms with Crippen molar-refractivity contribution in [3.63, 3.8) is 0 Å². The average Bonchev–Trinajstić information content (AvgIpc) is 2.77. The highest BCUT2D eigenvalue weighted by Crippen LogP contribution is 2.38. The number of piperazine rings is 1. The summed E-state index contributed by atoms with van der Waals surface area (Å²) in [5.74, 6) is 3.07. The van der Waals surface area contributed by atoms with Gasteiger partial charge in [0, 0.05) is 12.5 Å². The van der Waals surface area contributed by atoms with Crippen LogP contribution in [-0.4, -0.2) is 61.2 Å². The number of quaternary nitrogens is 2. The van der Waals surface area contributed by atoms with Crippen LogP contribution >= 0.6 is 24.8 Å². The van der Waals surface area contributed by atoms with Crippen LogP contribution in [0.5, 0.6) is 23.0 Å². The van der Waals surface area contributed by atoms with Crippen molar-refractivity contribution in [3.05, 3.63) is 42.0 Å². The molecule has 1 aliphatic heterocycles. The lowest BCUT2D eigenvalue weighted by Crippen LogP contribution is -3.26. The van der Waals surface area contributed by atoms with E-state index in [2.05, 4.69) is 24.3 Å². The van der Waals surface area contributed by atoms with Crippen LogP contribution in [0.2, 0.25) is 0 Å². The molecule has 6 nitrogen and oxygen atoms in total.